The highest BCUT2D eigenvalue weighted by atomic mass is 35.5. The van der Waals surface area contributed by atoms with Gasteiger partial charge >= 0.3 is 0 Å². The van der Waals surface area contributed by atoms with Gasteiger partial charge in [-0.05, 0) is 73.6 Å². The summed E-state index contributed by atoms with van der Waals surface area (Å²) in [6.07, 6.45) is 0. The molecule has 24 heavy (non-hydrogen) atoms. The Morgan fingerprint density at radius 1 is 0.958 bits per heavy atom. The average Bonchev–Trinajstić information content (AvgIpc) is 2.59. The Morgan fingerprint density at radius 3 is 2.25 bits per heavy atom. The number of hydrogen-bond acceptors (Lipinski definition) is 2. The number of aryl methyl sites for hydroxylation is 2. The van der Waals surface area contributed by atoms with Gasteiger partial charge in [-0.3, -0.25) is 0 Å². The van der Waals surface area contributed by atoms with Gasteiger partial charge in [0, 0.05) is 42.6 Å². The molecule has 1 saturated heterocycles. The molecule has 2 aromatic rings. The molecule has 0 bridgehead atoms. The molecule has 3 rings (SSSR count). The summed E-state index contributed by atoms with van der Waals surface area (Å²) in [5, 5.41) is 4.94. The first-order chi connectivity index (χ1) is 11.5. The monoisotopic (exact) mass is 359 g/mol. The number of nitrogens with one attached hydrogen (secondary N) is 1. The smallest absolute Gasteiger partial charge is 0.173 e. The molecule has 0 spiro atoms. The molecule has 0 amide bonds. The van der Waals surface area contributed by atoms with Crippen LogP contribution in [0.5, 0.6) is 0 Å². The second-order valence-corrected chi connectivity index (χ2v) is 7.00. The van der Waals surface area contributed by atoms with Crippen LogP contribution in [0.3, 0.4) is 0 Å². The third-order valence-corrected chi connectivity index (χ3v) is 5.13. The number of halogens is 1. The summed E-state index contributed by atoms with van der Waals surface area (Å²) < 4.78 is 0. The van der Waals surface area contributed by atoms with E-state index in [-0.39, 0.29) is 0 Å². The van der Waals surface area contributed by atoms with Crippen LogP contribution in [0.1, 0.15) is 11.1 Å². The molecule has 0 aliphatic carbocycles. The van der Waals surface area contributed by atoms with Crippen molar-refractivity contribution >= 4 is 40.3 Å². The van der Waals surface area contributed by atoms with Gasteiger partial charge in [0.25, 0.3) is 0 Å². The van der Waals surface area contributed by atoms with E-state index in [9.17, 15) is 0 Å². The largest absolute Gasteiger partial charge is 0.368 e. The van der Waals surface area contributed by atoms with Gasteiger partial charge in [-0.15, -0.1) is 0 Å². The second kappa shape index (κ2) is 7.41. The molecular weight excluding hydrogens is 338 g/mol. The third-order valence-electron chi connectivity index (χ3n) is 4.52. The number of nitrogens with zero attached hydrogens (tertiary/aromatic N) is 2. The normalized spacial score (nSPS) is 14.6. The summed E-state index contributed by atoms with van der Waals surface area (Å²) >= 11 is 11.5. The lowest BCUT2D eigenvalue weighted by Gasteiger charge is -2.37. The topological polar surface area (TPSA) is 18.5 Å². The van der Waals surface area contributed by atoms with E-state index >= 15 is 0 Å². The van der Waals surface area contributed by atoms with E-state index in [4.69, 9.17) is 23.8 Å². The highest BCUT2D eigenvalue weighted by Gasteiger charge is 2.19. The van der Waals surface area contributed by atoms with Crippen molar-refractivity contribution in [1.82, 2.24) is 4.90 Å². The van der Waals surface area contributed by atoms with Crippen molar-refractivity contribution in [1.29, 1.82) is 0 Å². The maximum Gasteiger partial charge on any atom is 0.173 e. The summed E-state index contributed by atoms with van der Waals surface area (Å²) in [6.45, 7) is 7.98. The fraction of sp³-hybridized carbons (Fsp3) is 0.316. The van der Waals surface area contributed by atoms with E-state index in [0.717, 1.165) is 42.0 Å². The summed E-state index contributed by atoms with van der Waals surface area (Å²) in [6, 6.07) is 14.4. The first kappa shape index (κ1) is 17.1. The van der Waals surface area contributed by atoms with E-state index in [0.29, 0.717) is 0 Å². The van der Waals surface area contributed by atoms with Crippen LogP contribution >= 0.6 is 23.8 Å². The van der Waals surface area contributed by atoms with Gasteiger partial charge in [0.05, 0.1) is 0 Å². The minimum Gasteiger partial charge on any atom is -0.368 e. The molecule has 0 aromatic heterocycles. The number of piperazine rings is 1. The van der Waals surface area contributed by atoms with Crippen LogP contribution < -0.4 is 10.2 Å². The SMILES string of the molecule is Cc1ccc(NC(=S)N2CCN(c3ccc(Cl)cc3)CC2)cc1C. The Balaban J connectivity index is 1.56. The van der Waals surface area contributed by atoms with E-state index < -0.39 is 0 Å². The number of hydrogen-bond donors (Lipinski definition) is 1. The predicted molar refractivity (Wildman–Crippen MR) is 107 cm³/mol. The quantitative estimate of drug-likeness (QED) is 0.797. The summed E-state index contributed by atoms with van der Waals surface area (Å²) in [5.41, 5.74) is 4.84. The molecule has 1 N–H and O–H groups in total. The predicted octanol–water partition coefficient (Wildman–Crippen LogP) is 4.48. The average molecular weight is 360 g/mol. The zero-order valence-electron chi connectivity index (χ0n) is 14.1. The summed E-state index contributed by atoms with van der Waals surface area (Å²) in [5.74, 6) is 0. The summed E-state index contributed by atoms with van der Waals surface area (Å²) in [4.78, 5) is 4.60. The molecule has 0 saturated carbocycles. The first-order valence-electron chi connectivity index (χ1n) is 8.16. The minimum atomic E-state index is 0.774. The Kier molecular flexibility index (Phi) is 5.27. The Morgan fingerprint density at radius 2 is 1.62 bits per heavy atom. The Bertz CT molecular complexity index is 722. The van der Waals surface area contributed by atoms with Crippen molar-refractivity contribution in [3.8, 4) is 0 Å². The van der Waals surface area contributed by atoms with E-state index in [1.54, 1.807) is 0 Å². The van der Waals surface area contributed by atoms with Gasteiger partial charge in [0.15, 0.2) is 5.11 Å². The van der Waals surface area contributed by atoms with Crippen LogP contribution in [0.25, 0.3) is 0 Å². The van der Waals surface area contributed by atoms with Gasteiger partial charge in [-0.1, -0.05) is 17.7 Å². The van der Waals surface area contributed by atoms with Crippen molar-refractivity contribution < 1.29 is 0 Å². The Labute approximate surface area is 154 Å². The lowest BCUT2D eigenvalue weighted by atomic mass is 10.1. The van der Waals surface area contributed by atoms with Crippen LogP contribution in [0, 0.1) is 13.8 Å². The first-order valence-corrected chi connectivity index (χ1v) is 8.95. The lowest BCUT2D eigenvalue weighted by Crippen LogP contribution is -2.50. The van der Waals surface area contributed by atoms with Gasteiger partial charge < -0.3 is 15.1 Å². The molecule has 1 fully saturated rings. The molecule has 2 aromatic carbocycles. The van der Waals surface area contributed by atoms with E-state index in [1.165, 1.54) is 16.8 Å². The molecule has 1 heterocycles. The standard InChI is InChI=1S/C19H22ClN3S/c1-14-3-6-17(13-15(14)2)21-19(24)23-11-9-22(10-12-23)18-7-4-16(20)5-8-18/h3-8,13H,9-12H2,1-2H3,(H,21,24). The molecule has 0 radical (unpaired) electrons. The van der Waals surface area contributed by atoms with Crippen molar-refractivity contribution in [3.63, 3.8) is 0 Å². The van der Waals surface area contributed by atoms with Crippen molar-refractivity contribution in [2.24, 2.45) is 0 Å². The fourth-order valence-corrected chi connectivity index (χ4v) is 3.27. The summed E-state index contributed by atoms with van der Waals surface area (Å²) in [7, 11) is 0. The molecule has 126 valence electrons. The van der Waals surface area contributed by atoms with Gasteiger partial charge in [0.2, 0.25) is 0 Å². The zero-order valence-corrected chi connectivity index (χ0v) is 15.6. The van der Waals surface area contributed by atoms with Crippen LogP contribution in [-0.2, 0) is 0 Å². The highest BCUT2D eigenvalue weighted by Crippen LogP contribution is 2.20. The lowest BCUT2D eigenvalue weighted by molar-refractivity contribution is 0.391. The van der Waals surface area contributed by atoms with Crippen LogP contribution in [-0.4, -0.2) is 36.2 Å². The maximum atomic E-state index is 5.96. The third kappa shape index (κ3) is 4.00. The van der Waals surface area contributed by atoms with Gasteiger partial charge in [0.1, 0.15) is 0 Å². The van der Waals surface area contributed by atoms with Crippen LogP contribution in [0.15, 0.2) is 42.5 Å². The van der Waals surface area contributed by atoms with Crippen LogP contribution in [0.4, 0.5) is 11.4 Å². The number of benzene rings is 2. The molecule has 0 unspecified atom stereocenters. The molecule has 3 nitrogen and oxygen atoms in total. The highest BCUT2D eigenvalue weighted by molar-refractivity contribution is 7.80. The van der Waals surface area contributed by atoms with E-state index in [2.05, 4.69) is 59.3 Å². The molecule has 1 aliphatic rings. The number of anilines is 2. The maximum absolute atomic E-state index is 5.96. The minimum absolute atomic E-state index is 0.774. The number of thiocarbonyl (C=S) groups is 1. The number of rotatable bonds is 2. The van der Waals surface area contributed by atoms with Crippen molar-refractivity contribution in [2.45, 2.75) is 13.8 Å². The fourth-order valence-electron chi connectivity index (χ4n) is 2.84. The Hall–Kier alpha value is -1.78. The molecule has 1 aliphatic heterocycles. The van der Waals surface area contributed by atoms with Crippen molar-refractivity contribution in [2.75, 3.05) is 36.4 Å². The molecule has 5 heteroatoms. The van der Waals surface area contributed by atoms with Crippen molar-refractivity contribution in [3.05, 3.63) is 58.6 Å². The zero-order chi connectivity index (χ0) is 17.1. The molecule has 0 atom stereocenters. The second-order valence-electron chi connectivity index (χ2n) is 6.18. The molecular formula is C19H22ClN3S. The van der Waals surface area contributed by atoms with E-state index in [1.807, 2.05) is 12.1 Å². The van der Waals surface area contributed by atoms with Gasteiger partial charge in [-0.25, -0.2) is 0 Å². The van der Waals surface area contributed by atoms with Crippen LogP contribution in [0.2, 0.25) is 5.02 Å². The van der Waals surface area contributed by atoms with Gasteiger partial charge in [-0.2, -0.15) is 0 Å².